The van der Waals surface area contributed by atoms with E-state index in [2.05, 4.69) is 5.32 Å². The summed E-state index contributed by atoms with van der Waals surface area (Å²) < 4.78 is 11.2. The summed E-state index contributed by atoms with van der Waals surface area (Å²) in [6, 6.07) is 8.44. The Labute approximate surface area is 103 Å². The molecule has 1 N–H and O–H groups in total. The monoisotopic (exact) mass is 235 g/mol. The van der Waals surface area contributed by atoms with Crippen molar-refractivity contribution in [2.75, 3.05) is 14.2 Å². The van der Waals surface area contributed by atoms with Crippen LogP contribution in [0.3, 0.4) is 0 Å². The number of ether oxygens (including phenoxy) is 2. The van der Waals surface area contributed by atoms with Gasteiger partial charge in [-0.05, 0) is 44.9 Å². The Kier molecular flexibility index (Phi) is 4.26. The van der Waals surface area contributed by atoms with E-state index in [0.717, 1.165) is 24.3 Å². The maximum Gasteiger partial charge on any atom is 0.123 e. The first-order valence-corrected chi connectivity index (χ1v) is 6.30. The second kappa shape index (κ2) is 5.92. The molecule has 0 amide bonds. The van der Waals surface area contributed by atoms with Crippen molar-refractivity contribution in [2.24, 2.45) is 0 Å². The van der Waals surface area contributed by atoms with Crippen LogP contribution in [-0.2, 0) is 0 Å². The molecule has 1 aromatic carbocycles. The summed E-state index contributed by atoms with van der Waals surface area (Å²) in [5.74, 6) is 1.76. The Balaban J connectivity index is 1.95. The highest BCUT2D eigenvalue weighted by Gasteiger charge is 2.22. The van der Waals surface area contributed by atoms with E-state index in [0.29, 0.717) is 12.1 Å². The van der Waals surface area contributed by atoms with Gasteiger partial charge in [0, 0.05) is 12.1 Å². The minimum absolute atomic E-state index is 0.327. The standard InChI is InChI=1S/C14H21NO2/c1-15-11-5-3-7-13(9-11)17-14-8-4-6-12(10-14)16-2/h4,6,8,10-11,13,15H,3,5,7,9H2,1-2H3. The van der Waals surface area contributed by atoms with Gasteiger partial charge in [0.15, 0.2) is 0 Å². The molecule has 0 saturated heterocycles. The molecule has 0 heterocycles. The second-order valence-corrected chi connectivity index (χ2v) is 4.57. The molecular weight excluding hydrogens is 214 g/mol. The minimum atomic E-state index is 0.327. The third-order valence-electron chi connectivity index (χ3n) is 3.38. The lowest BCUT2D eigenvalue weighted by molar-refractivity contribution is 0.136. The number of rotatable bonds is 4. The zero-order chi connectivity index (χ0) is 12.1. The average molecular weight is 235 g/mol. The van der Waals surface area contributed by atoms with Crippen LogP contribution < -0.4 is 14.8 Å². The third kappa shape index (κ3) is 3.37. The molecule has 17 heavy (non-hydrogen) atoms. The van der Waals surface area contributed by atoms with Crippen LogP contribution in [-0.4, -0.2) is 26.3 Å². The molecule has 0 bridgehead atoms. The molecule has 0 aliphatic heterocycles. The molecule has 2 rings (SSSR count). The van der Waals surface area contributed by atoms with Crippen molar-refractivity contribution in [3.63, 3.8) is 0 Å². The van der Waals surface area contributed by atoms with E-state index in [1.165, 1.54) is 12.8 Å². The highest BCUT2D eigenvalue weighted by molar-refractivity contribution is 5.33. The van der Waals surface area contributed by atoms with Crippen molar-refractivity contribution in [1.29, 1.82) is 0 Å². The predicted molar refractivity (Wildman–Crippen MR) is 68.7 cm³/mol. The van der Waals surface area contributed by atoms with E-state index >= 15 is 0 Å². The van der Waals surface area contributed by atoms with Crippen LogP contribution in [0.5, 0.6) is 11.5 Å². The predicted octanol–water partition coefficient (Wildman–Crippen LogP) is 2.60. The largest absolute Gasteiger partial charge is 0.497 e. The fourth-order valence-electron chi connectivity index (χ4n) is 2.38. The van der Waals surface area contributed by atoms with Crippen LogP contribution in [0.15, 0.2) is 24.3 Å². The van der Waals surface area contributed by atoms with Gasteiger partial charge < -0.3 is 14.8 Å². The lowest BCUT2D eigenvalue weighted by Gasteiger charge is -2.29. The van der Waals surface area contributed by atoms with Gasteiger partial charge in [-0.25, -0.2) is 0 Å². The maximum absolute atomic E-state index is 6.01. The molecule has 2 atom stereocenters. The Hall–Kier alpha value is -1.22. The fraction of sp³-hybridized carbons (Fsp3) is 0.571. The zero-order valence-corrected chi connectivity index (χ0v) is 10.6. The summed E-state index contributed by atoms with van der Waals surface area (Å²) in [5, 5.41) is 3.34. The summed E-state index contributed by atoms with van der Waals surface area (Å²) in [6.07, 6.45) is 5.06. The summed E-state index contributed by atoms with van der Waals surface area (Å²) >= 11 is 0. The quantitative estimate of drug-likeness (QED) is 0.870. The van der Waals surface area contributed by atoms with Crippen molar-refractivity contribution in [3.05, 3.63) is 24.3 Å². The smallest absolute Gasteiger partial charge is 0.123 e. The van der Waals surface area contributed by atoms with Gasteiger partial charge in [0.2, 0.25) is 0 Å². The number of hydrogen-bond acceptors (Lipinski definition) is 3. The molecule has 1 aliphatic carbocycles. The molecule has 3 nitrogen and oxygen atoms in total. The van der Waals surface area contributed by atoms with Gasteiger partial charge in [-0.15, -0.1) is 0 Å². The van der Waals surface area contributed by atoms with E-state index in [9.17, 15) is 0 Å². The van der Waals surface area contributed by atoms with Crippen LogP contribution in [0.4, 0.5) is 0 Å². The van der Waals surface area contributed by atoms with Crippen LogP contribution in [0.2, 0.25) is 0 Å². The molecule has 0 spiro atoms. The van der Waals surface area contributed by atoms with Gasteiger partial charge in [0.05, 0.1) is 7.11 Å². The molecule has 2 unspecified atom stereocenters. The van der Waals surface area contributed by atoms with E-state index in [1.54, 1.807) is 7.11 Å². The Morgan fingerprint density at radius 1 is 1.24 bits per heavy atom. The first kappa shape index (κ1) is 12.2. The maximum atomic E-state index is 6.01. The second-order valence-electron chi connectivity index (χ2n) is 4.57. The Bertz CT molecular complexity index is 354. The molecular formula is C14H21NO2. The molecule has 1 fully saturated rings. The fourth-order valence-corrected chi connectivity index (χ4v) is 2.38. The number of benzene rings is 1. The summed E-state index contributed by atoms with van der Waals surface area (Å²) in [7, 11) is 3.70. The molecule has 1 saturated carbocycles. The van der Waals surface area contributed by atoms with Gasteiger partial charge in [-0.3, -0.25) is 0 Å². The highest BCUT2D eigenvalue weighted by Crippen LogP contribution is 2.25. The van der Waals surface area contributed by atoms with Gasteiger partial charge in [0.1, 0.15) is 17.6 Å². The van der Waals surface area contributed by atoms with Crippen LogP contribution in [0.25, 0.3) is 0 Å². The summed E-state index contributed by atoms with van der Waals surface area (Å²) in [5.41, 5.74) is 0. The van der Waals surface area contributed by atoms with E-state index in [1.807, 2.05) is 31.3 Å². The highest BCUT2D eigenvalue weighted by atomic mass is 16.5. The SMILES string of the molecule is CNC1CCCC(Oc2cccc(OC)c2)C1. The Morgan fingerprint density at radius 2 is 2.06 bits per heavy atom. The minimum Gasteiger partial charge on any atom is -0.497 e. The van der Waals surface area contributed by atoms with Crippen molar-refractivity contribution in [1.82, 2.24) is 5.32 Å². The Morgan fingerprint density at radius 3 is 2.82 bits per heavy atom. The van der Waals surface area contributed by atoms with Gasteiger partial charge in [-0.1, -0.05) is 6.07 Å². The first-order valence-electron chi connectivity index (χ1n) is 6.30. The number of nitrogens with one attached hydrogen (secondary N) is 1. The van der Waals surface area contributed by atoms with Crippen LogP contribution in [0, 0.1) is 0 Å². The first-order chi connectivity index (χ1) is 8.31. The van der Waals surface area contributed by atoms with E-state index < -0.39 is 0 Å². The number of methoxy groups -OCH3 is 1. The van der Waals surface area contributed by atoms with Crippen molar-refractivity contribution >= 4 is 0 Å². The van der Waals surface area contributed by atoms with E-state index in [4.69, 9.17) is 9.47 Å². The van der Waals surface area contributed by atoms with Crippen LogP contribution in [0.1, 0.15) is 25.7 Å². The molecule has 1 aliphatic rings. The molecule has 3 heteroatoms. The molecule has 0 aromatic heterocycles. The lowest BCUT2D eigenvalue weighted by atomic mass is 9.93. The summed E-state index contributed by atoms with van der Waals surface area (Å²) in [6.45, 7) is 0. The number of hydrogen-bond donors (Lipinski definition) is 1. The van der Waals surface area contributed by atoms with Gasteiger partial charge in [-0.2, -0.15) is 0 Å². The molecule has 94 valence electrons. The average Bonchev–Trinajstić information content (AvgIpc) is 2.39. The third-order valence-corrected chi connectivity index (χ3v) is 3.38. The normalized spacial score (nSPS) is 24.4. The topological polar surface area (TPSA) is 30.5 Å². The van der Waals surface area contributed by atoms with Crippen molar-refractivity contribution in [3.8, 4) is 11.5 Å². The van der Waals surface area contributed by atoms with E-state index in [-0.39, 0.29) is 0 Å². The van der Waals surface area contributed by atoms with Gasteiger partial charge in [0.25, 0.3) is 0 Å². The van der Waals surface area contributed by atoms with Gasteiger partial charge >= 0.3 is 0 Å². The van der Waals surface area contributed by atoms with Crippen molar-refractivity contribution < 1.29 is 9.47 Å². The van der Waals surface area contributed by atoms with Crippen LogP contribution >= 0.6 is 0 Å². The zero-order valence-electron chi connectivity index (χ0n) is 10.6. The molecule has 1 aromatic rings. The van der Waals surface area contributed by atoms with Crippen molar-refractivity contribution in [2.45, 2.75) is 37.8 Å². The molecule has 0 radical (unpaired) electrons. The summed E-state index contributed by atoms with van der Waals surface area (Å²) in [4.78, 5) is 0. The lowest BCUT2D eigenvalue weighted by Crippen LogP contribution is -2.36.